The smallest absolute Gasteiger partial charge is 0.227 e. The highest BCUT2D eigenvalue weighted by atomic mass is 16.5. The highest BCUT2D eigenvalue weighted by Crippen LogP contribution is 2.27. The van der Waals surface area contributed by atoms with Crippen LogP contribution in [0, 0.1) is 5.92 Å². The Morgan fingerprint density at radius 2 is 2.00 bits per heavy atom. The standard InChI is InChI=1S/C19H28N2O4/c1-5-6-15-11-21(12-17(15)20-13(2)22)19(23)9-14-7-8-16(24-3)10-18(14)25-4/h7-8,10,15,17H,5-6,9,11-12H2,1-4H3,(H,20,22). The van der Waals surface area contributed by atoms with Gasteiger partial charge < -0.3 is 19.7 Å². The van der Waals surface area contributed by atoms with Crippen molar-refractivity contribution in [3.05, 3.63) is 23.8 Å². The quantitative estimate of drug-likeness (QED) is 0.818. The molecule has 1 aromatic rings. The van der Waals surface area contributed by atoms with Gasteiger partial charge >= 0.3 is 0 Å². The van der Waals surface area contributed by atoms with E-state index in [-0.39, 0.29) is 24.3 Å². The van der Waals surface area contributed by atoms with Gasteiger partial charge in [-0.3, -0.25) is 9.59 Å². The molecule has 1 aromatic carbocycles. The number of nitrogens with zero attached hydrogens (tertiary/aromatic N) is 1. The molecule has 0 bridgehead atoms. The second-order valence-electron chi connectivity index (χ2n) is 6.51. The zero-order valence-electron chi connectivity index (χ0n) is 15.5. The summed E-state index contributed by atoms with van der Waals surface area (Å²) in [5, 5.41) is 2.99. The molecular formula is C19H28N2O4. The van der Waals surface area contributed by atoms with E-state index in [2.05, 4.69) is 12.2 Å². The minimum absolute atomic E-state index is 0.0409. The number of rotatable bonds is 7. The Morgan fingerprint density at radius 1 is 1.24 bits per heavy atom. The average Bonchev–Trinajstić information content (AvgIpc) is 2.97. The minimum atomic E-state index is -0.0442. The van der Waals surface area contributed by atoms with E-state index in [0.717, 1.165) is 18.4 Å². The van der Waals surface area contributed by atoms with Gasteiger partial charge in [-0.05, 0) is 18.4 Å². The van der Waals surface area contributed by atoms with Crippen LogP contribution in [-0.2, 0) is 16.0 Å². The van der Waals surface area contributed by atoms with Crippen LogP contribution in [-0.4, -0.2) is 50.1 Å². The third-order valence-electron chi connectivity index (χ3n) is 4.68. The number of hydrogen-bond acceptors (Lipinski definition) is 4. The first-order valence-corrected chi connectivity index (χ1v) is 8.74. The first-order chi connectivity index (χ1) is 12.0. The van der Waals surface area contributed by atoms with Crippen molar-refractivity contribution in [2.45, 2.75) is 39.2 Å². The molecule has 6 nitrogen and oxygen atoms in total. The van der Waals surface area contributed by atoms with Gasteiger partial charge in [-0.15, -0.1) is 0 Å². The fourth-order valence-electron chi connectivity index (χ4n) is 3.44. The maximum atomic E-state index is 12.7. The van der Waals surface area contributed by atoms with Gasteiger partial charge in [-0.2, -0.15) is 0 Å². The van der Waals surface area contributed by atoms with Crippen LogP contribution in [0.25, 0.3) is 0 Å². The molecule has 1 heterocycles. The van der Waals surface area contributed by atoms with Crippen LogP contribution >= 0.6 is 0 Å². The molecule has 6 heteroatoms. The predicted molar refractivity (Wildman–Crippen MR) is 95.8 cm³/mol. The van der Waals surface area contributed by atoms with E-state index in [1.165, 1.54) is 6.92 Å². The highest BCUT2D eigenvalue weighted by molar-refractivity contribution is 5.80. The van der Waals surface area contributed by atoms with Crippen LogP contribution in [0.3, 0.4) is 0 Å². The van der Waals surface area contributed by atoms with E-state index in [0.29, 0.717) is 30.5 Å². The lowest BCUT2D eigenvalue weighted by molar-refractivity contribution is -0.130. The van der Waals surface area contributed by atoms with Gasteiger partial charge in [0.25, 0.3) is 0 Å². The van der Waals surface area contributed by atoms with Gasteiger partial charge in [0.15, 0.2) is 0 Å². The van der Waals surface area contributed by atoms with Crippen LogP contribution in [0.15, 0.2) is 18.2 Å². The molecule has 0 saturated carbocycles. The Balaban J connectivity index is 2.06. The van der Waals surface area contributed by atoms with E-state index in [1.54, 1.807) is 20.3 Å². The van der Waals surface area contributed by atoms with Gasteiger partial charge in [0.05, 0.1) is 26.7 Å². The Kier molecular flexibility index (Phi) is 6.67. The second kappa shape index (κ2) is 8.74. The summed E-state index contributed by atoms with van der Waals surface area (Å²) in [6.07, 6.45) is 2.31. The molecule has 0 radical (unpaired) electrons. The van der Waals surface area contributed by atoms with Crippen molar-refractivity contribution in [1.82, 2.24) is 10.2 Å². The molecule has 138 valence electrons. The molecule has 2 unspecified atom stereocenters. The summed E-state index contributed by atoms with van der Waals surface area (Å²) >= 11 is 0. The number of carbonyl (C=O) groups is 2. The van der Waals surface area contributed by atoms with Crippen LogP contribution in [0.2, 0.25) is 0 Å². The number of nitrogens with one attached hydrogen (secondary N) is 1. The zero-order valence-corrected chi connectivity index (χ0v) is 15.5. The topological polar surface area (TPSA) is 67.9 Å². The third kappa shape index (κ3) is 4.87. The number of amides is 2. The van der Waals surface area contributed by atoms with E-state index in [9.17, 15) is 9.59 Å². The summed E-state index contributed by atoms with van der Waals surface area (Å²) in [6.45, 7) is 4.91. The third-order valence-corrected chi connectivity index (χ3v) is 4.68. The molecular weight excluding hydrogens is 320 g/mol. The van der Waals surface area contributed by atoms with Crippen LogP contribution in [0.4, 0.5) is 0 Å². The first kappa shape index (κ1) is 19.1. The first-order valence-electron chi connectivity index (χ1n) is 8.74. The van der Waals surface area contributed by atoms with Crippen molar-refractivity contribution < 1.29 is 19.1 Å². The molecule has 0 aliphatic carbocycles. The fraction of sp³-hybridized carbons (Fsp3) is 0.579. The Morgan fingerprint density at radius 3 is 2.60 bits per heavy atom. The molecule has 1 aliphatic rings. The molecule has 0 spiro atoms. The van der Waals surface area contributed by atoms with Crippen LogP contribution < -0.4 is 14.8 Å². The summed E-state index contributed by atoms with van der Waals surface area (Å²) in [5.74, 6) is 1.67. The lowest BCUT2D eigenvalue weighted by atomic mass is 9.98. The summed E-state index contributed by atoms with van der Waals surface area (Å²) < 4.78 is 10.6. The van der Waals surface area contributed by atoms with Crippen molar-refractivity contribution in [2.75, 3.05) is 27.3 Å². The van der Waals surface area contributed by atoms with Crippen molar-refractivity contribution >= 4 is 11.8 Å². The lowest BCUT2D eigenvalue weighted by Gasteiger charge is -2.18. The van der Waals surface area contributed by atoms with Crippen LogP contribution in [0.1, 0.15) is 32.3 Å². The molecule has 1 saturated heterocycles. The van der Waals surface area contributed by atoms with Crippen molar-refractivity contribution in [1.29, 1.82) is 0 Å². The number of methoxy groups -OCH3 is 2. The SMILES string of the molecule is CCCC1CN(C(=O)Cc2ccc(OC)cc2OC)CC1NC(C)=O. The molecule has 2 amide bonds. The Hall–Kier alpha value is -2.24. The molecule has 0 aromatic heterocycles. The normalized spacial score (nSPS) is 19.6. The molecule has 1 fully saturated rings. The monoisotopic (exact) mass is 348 g/mol. The lowest BCUT2D eigenvalue weighted by Crippen LogP contribution is -2.40. The van der Waals surface area contributed by atoms with E-state index in [1.807, 2.05) is 17.0 Å². The van der Waals surface area contributed by atoms with Gasteiger partial charge in [-0.25, -0.2) is 0 Å². The van der Waals surface area contributed by atoms with Crippen molar-refractivity contribution in [3.63, 3.8) is 0 Å². The molecule has 25 heavy (non-hydrogen) atoms. The molecule has 1 aliphatic heterocycles. The summed E-state index contributed by atoms with van der Waals surface area (Å²) in [5.41, 5.74) is 0.836. The van der Waals surface area contributed by atoms with Gasteiger partial charge in [0.1, 0.15) is 11.5 Å². The number of benzene rings is 1. The van der Waals surface area contributed by atoms with Crippen LogP contribution in [0.5, 0.6) is 11.5 Å². The van der Waals surface area contributed by atoms with Crippen molar-refractivity contribution in [3.8, 4) is 11.5 Å². The average molecular weight is 348 g/mol. The Bertz CT molecular complexity index is 617. The highest BCUT2D eigenvalue weighted by Gasteiger charge is 2.35. The van der Waals surface area contributed by atoms with Gasteiger partial charge in [0.2, 0.25) is 11.8 Å². The van der Waals surface area contributed by atoms with E-state index in [4.69, 9.17) is 9.47 Å². The number of hydrogen-bond donors (Lipinski definition) is 1. The number of ether oxygens (including phenoxy) is 2. The summed E-state index contributed by atoms with van der Waals surface area (Å²) in [4.78, 5) is 26.0. The molecule has 2 rings (SSSR count). The van der Waals surface area contributed by atoms with Crippen molar-refractivity contribution in [2.24, 2.45) is 5.92 Å². The Labute approximate surface area is 149 Å². The minimum Gasteiger partial charge on any atom is -0.497 e. The molecule has 1 N–H and O–H groups in total. The fourth-order valence-corrected chi connectivity index (χ4v) is 3.44. The second-order valence-corrected chi connectivity index (χ2v) is 6.51. The summed E-state index contributed by atoms with van der Waals surface area (Å²) in [6, 6.07) is 5.52. The van der Waals surface area contributed by atoms with E-state index >= 15 is 0 Å². The maximum absolute atomic E-state index is 12.7. The number of carbonyl (C=O) groups excluding carboxylic acids is 2. The van der Waals surface area contributed by atoms with Gasteiger partial charge in [0, 0.05) is 31.6 Å². The van der Waals surface area contributed by atoms with E-state index < -0.39 is 0 Å². The molecule has 2 atom stereocenters. The maximum Gasteiger partial charge on any atom is 0.227 e. The zero-order chi connectivity index (χ0) is 18.4. The van der Waals surface area contributed by atoms with Gasteiger partial charge in [-0.1, -0.05) is 19.4 Å². The number of likely N-dealkylation sites (tertiary alicyclic amines) is 1. The predicted octanol–water partition coefficient (Wildman–Crippen LogP) is 2.01. The largest absolute Gasteiger partial charge is 0.497 e. The summed E-state index contributed by atoms with van der Waals surface area (Å²) in [7, 11) is 3.18.